The van der Waals surface area contributed by atoms with Gasteiger partial charge in [-0.25, -0.2) is 4.98 Å². The third kappa shape index (κ3) is 5.74. The van der Waals surface area contributed by atoms with Gasteiger partial charge in [-0.1, -0.05) is 72.8 Å². The number of quaternary nitrogens is 1. The molecule has 0 bridgehead atoms. The van der Waals surface area contributed by atoms with Gasteiger partial charge in [-0.15, -0.1) is 11.3 Å². The minimum Gasteiger partial charge on any atom is -0.542 e. The molecule has 3 aromatic heterocycles. The maximum absolute atomic E-state index is 13.0. The van der Waals surface area contributed by atoms with Crippen molar-refractivity contribution < 1.29 is 28.8 Å². The predicted octanol–water partition coefficient (Wildman–Crippen LogP) is 5.18. The van der Waals surface area contributed by atoms with E-state index < -0.39 is 12.1 Å². The number of thiophene rings is 1. The molecule has 0 aliphatic heterocycles. The zero-order valence-corrected chi connectivity index (χ0v) is 22.2. The molecule has 0 fully saturated rings. The monoisotopic (exact) mass is 573 g/mol. The van der Waals surface area contributed by atoms with Crippen molar-refractivity contribution in [3.8, 4) is 33.5 Å². The van der Waals surface area contributed by atoms with E-state index in [0.29, 0.717) is 10.9 Å². The number of rotatable bonds is 4. The quantitative estimate of drug-likeness (QED) is 0.303. The summed E-state index contributed by atoms with van der Waals surface area (Å²) in [7, 11) is 0. The van der Waals surface area contributed by atoms with Crippen molar-refractivity contribution in [1.82, 2.24) is 9.97 Å². The second kappa shape index (κ2) is 11.4. The van der Waals surface area contributed by atoms with E-state index >= 15 is 0 Å². The average Bonchev–Trinajstić information content (AvgIpc) is 3.41. The molecular formula is C31H22F3N3O3S. The van der Waals surface area contributed by atoms with E-state index in [4.69, 9.17) is 14.9 Å². The number of benzene rings is 3. The van der Waals surface area contributed by atoms with Gasteiger partial charge in [0.05, 0.1) is 23.1 Å². The Kier molecular flexibility index (Phi) is 7.69. The molecule has 206 valence electrons. The van der Waals surface area contributed by atoms with Gasteiger partial charge >= 0.3 is 6.18 Å². The number of aromatic nitrogens is 2. The number of alkyl halides is 3. The van der Waals surface area contributed by atoms with E-state index in [9.17, 15) is 18.0 Å². The van der Waals surface area contributed by atoms with Crippen molar-refractivity contribution in [2.24, 2.45) is 0 Å². The molecule has 0 saturated carbocycles. The first-order valence-electron chi connectivity index (χ1n) is 12.4. The van der Waals surface area contributed by atoms with Gasteiger partial charge in [-0.3, -0.25) is 4.79 Å². The molecule has 3 heterocycles. The predicted molar refractivity (Wildman–Crippen MR) is 152 cm³/mol. The number of nitrogens with one attached hydrogen (secondary N) is 1. The lowest BCUT2D eigenvalue weighted by atomic mass is 9.95. The summed E-state index contributed by atoms with van der Waals surface area (Å²) in [5.41, 5.74) is 11.6. The third-order valence-electron chi connectivity index (χ3n) is 6.47. The maximum Gasteiger partial charge on any atom is 0.430 e. The van der Waals surface area contributed by atoms with E-state index in [1.54, 1.807) is 17.5 Å². The Morgan fingerprint density at radius 1 is 0.878 bits per heavy atom. The van der Waals surface area contributed by atoms with Gasteiger partial charge in [-0.2, -0.15) is 13.2 Å². The molecule has 0 aliphatic carbocycles. The first kappa shape index (κ1) is 27.8. The van der Waals surface area contributed by atoms with E-state index in [1.807, 2.05) is 36.4 Å². The van der Waals surface area contributed by atoms with Crippen LogP contribution in [0.4, 0.5) is 13.2 Å². The molecule has 0 amide bonds. The lowest BCUT2D eigenvalue weighted by molar-refractivity contribution is -0.386. The van der Waals surface area contributed by atoms with Crippen LogP contribution in [0.5, 0.6) is 0 Å². The Labute approximate surface area is 235 Å². The summed E-state index contributed by atoms with van der Waals surface area (Å²) in [6.45, 7) is 0.738. The molecule has 6 rings (SSSR count). The Morgan fingerprint density at radius 3 is 2.20 bits per heavy atom. The van der Waals surface area contributed by atoms with Crippen LogP contribution in [0.15, 0.2) is 101 Å². The van der Waals surface area contributed by atoms with Crippen LogP contribution >= 0.6 is 11.3 Å². The number of carbonyl (C=O) groups excluding carboxylic acids is 1. The summed E-state index contributed by atoms with van der Waals surface area (Å²) in [5.74, 6) is -3.01. The number of pyridine rings is 2. The molecule has 4 N–H and O–H groups in total. The Balaban J connectivity index is 0.000000431. The normalized spacial score (nSPS) is 11.3. The van der Waals surface area contributed by atoms with Crippen molar-refractivity contribution in [2.45, 2.75) is 12.7 Å². The van der Waals surface area contributed by atoms with Crippen molar-refractivity contribution in [3.05, 3.63) is 112 Å². The second-order valence-corrected chi connectivity index (χ2v) is 9.97. The summed E-state index contributed by atoms with van der Waals surface area (Å²) in [4.78, 5) is 29.9. The molecule has 0 saturated heterocycles. The number of aliphatic carboxylic acids is 1. The van der Waals surface area contributed by atoms with Crippen LogP contribution in [-0.2, 0) is 11.3 Å². The average molecular weight is 574 g/mol. The van der Waals surface area contributed by atoms with Crippen LogP contribution in [-0.4, -0.2) is 22.1 Å². The fourth-order valence-corrected chi connectivity index (χ4v) is 5.42. The van der Waals surface area contributed by atoms with Crippen LogP contribution in [0.25, 0.3) is 54.5 Å². The third-order valence-corrected chi connectivity index (χ3v) is 7.44. The number of fused-ring (bicyclic) bond motifs is 2. The molecule has 3 aromatic carbocycles. The number of halogens is 3. The largest absolute Gasteiger partial charge is 0.542 e. The van der Waals surface area contributed by atoms with Gasteiger partial charge in [-0.05, 0) is 23.1 Å². The Hall–Kier alpha value is -4.80. The zero-order chi connectivity index (χ0) is 29.1. The van der Waals surface area contributed by atoms with Crippen molar-refractivity contribution in [1.29, 1.82) is 0 Å². The fraction of sp³-hybridized carbons (Fsp3) is 0.0645. The van der Waals surface area contributed by atoms with Crippen LogP contribution in [0, 0.1) is 0 Å². The number of aromatic amines is 1. The molecule has 0 unspecified atom stereocenters. The van der Waals surface area contributed by atoms with Gasteiger partial charge in [0.1, 0.15) is 5.97 Å². The first-order valence-corrected chi connectivity index (χ1v) is 13.3. The van der Waals surface area contributed by atoms with E-state index in [-0.39, 0.29) is 5.56 Å². The van der Waals surface area contributed by atoms with Crippen LogP contribution in [0.1, 0.15) is 5.56 Å². The van der Waals surface area contributed by atoms with E-state index in [1.165, 1.54) is 10.3 Å². The smallest absolute Gasteiger partial charge is 0.430 e. The number of H-pyrrole nitrogens is 1. The first-order chi connectivity index (χ1) is 19.7. The lowest BCUT2D eigenvalue weighted by Gasteiger charge is -2.13. The minimum atomic E-state index is -5.19. The zero-order valence-electron chi connectivity index (χ0n) is 21.4. The maximum atomic E-state index is 13.0. The number of nitrogens with zero attached hydrogens (tertiary/aromatic N) is 1. The summed E-state index contributed by atoms with van der Waals surface area (Å²) in [6.07, 6.45) is -3.40. The highest BCUT2D eigenvalue weighted by Gasteiger charge is 2.28. The molecule has 0 radical (unpaired) electrons. The molecule has 6 nitrogen and oxygen atoms in total. The summed E-state index contributed by atoms with van der Waals surface area (Å²) in [6, 6.07) is 28.8. The van der Waals surface area contributed by atoms with E-state index in [0.717, 1.165) is 45.4 Å². The number of hydrogen-bond acceptors (Lipinski definition) is 5. The summed E-state index contributed by atoms with van der Waals surface area (Å²) < 4.78 is 32.8. The van der Waals surface area contributed by atoms with Gasteiger partial charge in [0.15, 0.2) is 0 Å². The van der Waals surface area contributed by atoms with Crippen molar-refractivity contribution in [2.75, 3.05) is 0 Å². The SMILES string of the molecule is O=C([O-])C(F)(F)F.[NH3+]Cc1ccc(-c2nc3c(-c4csc5ccccc45)c[nH]c(=O)c3cc2-c2ccccc2)cc1. The van der Waals surface area contributed by atoms with Crippen LogP contribution in [0.3, 0.4) is 0 Å². The summed E-state index contributed by atoms with van der Waals surface area (Å²) in [5, 5.41) is 12.7. The molecule has 0 aliphatic rings. The lowest BCUT2D eigenvalue weighted by Crippen LogP contribution is -2.47. The van der Waals surface area contributed by atoms with Gasteiger partial charge in [0.2, 0.25) is 0 Å². The van der Waals surface area contributed by atoms with Crippen LogP contribution in [0.2, 0.25) is 0 Å². The molecule has 41 heavy (non-hydrogen) atoms. The molecular weight excluding hydrogens is 551 g/mol. The highest BCUT2D eigenvalue weighted by molar-refractivity contribution is 7.17. The second-order valence-electron chi connectivity index (χ2n) is 9.06. The summed E-state index contributed by atoms with van der Waals surface area (Å²) >= 11 is 1.70. The van der Waals surface area contributed by atoms with Crippen molar-refractivity contribution in [3.63, 3.8) is 0 Å². The minimum absolute atomic E-state index is 0.137. The topological polar surface area (TPSA) is 114 Å². The standard InChI is InChI=1S/C29H21N3OS.C2HF3O2/c30-15-18-10-12-20(13-11-18)27-22(19-6-2-1-3-7-19)14-23-28(32-27)24(16-31-29(23)33)25-17-34-26-9-5-4-8-21(25)26;3-2(4,5)1(6)7/h1-14,16-17H,15,30H2,(H,31,33);(H,6,7). The Bertz CT molecular complexity index is 1920. The molecule has 10 heteroatoms. The highest BCUT2D eigenvalue weighted by Crippen LogP contribution is 2.39. The molecule has 6 aromatic rings. The van der Waals surface area contributed by atoms with Gasteiger partial charge in [0, 0.05) is 44.1 Å². The van der Waals surface area contributed by atoms with Gasteiger partial charge in [0.25, 0.3) is 5.56 Å². The number of hydrogen-bond donors (Lipinski definition) is 2. The molecule has 0 spiro atoms. The Morgan fingerprint density at radius 2 is 1.54 bits per heavy atom. The molecule has 0 atom stereocenters. The number of carboxylic acid groups (broad SMARTS) is 1. The van der Waals surface area contributed by atoms with Gasteiger partial charge < -0.3 is 20.6 Å². The van der Waals surface area contributed by atoms with Crippen LogP contribution < -0.4 is 16.4 Å². The van der Waals surface area contributed by atoms with Crippen molar-refractivity contribution >= 4 is 38.3 Å². The van der Waals surface area contributed by atoms with E-state index in [2.05, 4.69) is 64.6 Å². The number of carbonyl (C=O) groups is 1. The fourth-order valence-electron chi connectivity index (χ4n) is 4.45. The highest BCUT2D eigenvalue weighted by atomic mass is 32.1. The number of carboxylic acids is 1.